The van der Waals surface area contributed by atoms with Crippen LogP contribution in [0.3, 0.4) is 0 Å². The van der Waals surface area contributed by atoms with Gasteiger partial charge in [-0.05, 0) is 20.3 Å². The Kier molecular flexibility index (Phi) is 7.02. The van der Waals surface area contributed by atoms with Crippen LogP contribution < -0.4 is 0 Å². The van der Waals surface area contributed by atoms with Gasteiger partial charge >= 0.3 is 11.9 Å². The van der Waals surface area contributed by atoms with Crippen molar-refractivity contribution in [1.82, 2.24) is 0 Å². The standard InChI is InChI=1S/C18H27NO9/c1-17(2)25-10-24-9-13-15(28-18(3,4)27-13)12(26-17)7-8-19-11(16(22)23)5-6-14(20)21/h8-9,11-12,15H,5-7,10H2,1-4H3,(H,20,21)(H,22,23)/b13-9+,19-8?. The Hall–Kier alpha value is -2.17. The van der Waals surface area contributed by atoms with E-state index in [1.165, 1.54) is 12.5 Å². The minimum atomic E-state index is -1.19. The molecule has 10 nitrogen and oxygen atoms in total. The maximum Gasteiger partial charge on any atom is 0.328 e. The van der Waals surface area contributed by atoms with Crippen molar-refractivity contribution in [1.29, 1.82) is 0 Å². The van der Waals surface area contributed by atoms with Crippen molar-refractivity contribution in [2.75, 3.05) is 6.79 Å². The highest BCUT2D eigenvalue weighted by atomic mass is 16.8. The molecule has 2 aliphatic rings. The SMILES string of the molecule is CC1(C)OCO/C=C2/OC(C)(C)OC2C(CC=NC(CCC(=O)O)C(=O)O)O1. The van der Waals surface area contributed by atoms with Gasteiger partial charge in [-0.3, -0.25) is 9.79 Å². The van der Waals surface area contributed by atoms with Gasteiger partial charge in [0.25, 0.3) is 0 Å². The fourth-order valence-electron chi connectivity index (χ4n) is 2.82. The number of aliphatic carboxylic acids is 2. The number of hydrogen-bond donors (Lipinski definition) is 2. The summed E-state index contributed by atoms with van der Waals surface area (Å²) >= 11 is 0. The highest BCUT2D eigenvalue weighted by Gasteiger charge is 2.45. The zero-order valence-corrected chi connectivity index (χ0v) is 16.4. The Morgan fingerprint density at radius 2 is 1.96 bits per heavy atom. The van der Waals surface area contributed by atoms with Crippen molar-refractivity contribution in [3.05, 3.63) is 12.0 Å². The fourth-order valence-corrected chi connectivity index (χ4v) is 2.82. The molecule has 158 valence electrons. The molecule has 2 rings (SSSR count). The van der Waals surface area contributed by atoms with Gasteiger partial charge in [-0.1, -0.05) is 0 Å². The second-order valence-corrected chi connectivity index (χ2v) is 7.40. The van der Waals surface area contributed by atoms with Crippen LogP contribution in [0.15, 0.2) is 17.0 Å². The average Bonchev–Trinajstić information content (AvgIpc) is 2.88. The summed E-state index contributed by atoms with van der Waals surface area (Å²) in [4.78, 5) is 26.0. The van der Waals surface area contributed by atoms with E-state index >= 15 is 0 Å². The van der Waals surface area contributed by atoms with Crippen molar-refractivity contribution >= 4 is 18.2 Å². The van der Waals surface area contributed by atoms with Crippen molar-refractivity contribution < 1.29 is 43.5 Å². The van der Waals surface area contributed by atoms with E-state index in [0.717, 1.165) is 0 Å². The molecule has 1 saturated heterocycles. The molecule has 0 aliphatic carbocycles. The van der Waals surface area contributed by atoms with Crippen molar-refractivity contribution in [3.63, 3.8) is 0 Å². The number of hydrogen-bond acceptors (Lipinski definition) is 8. The van der Waals surface area contributed by atoms with Gasteiger partial charge in [0.05, 0.1) is 6.10 Å². The predicted molar refractivity (Wildman–Crippen MR) is 95.5 cm³/mol. The lowest BCUT2D eigenvalue weighted by Crippen LogP contribution is -2.40. The van der Waals surface area contributed by atoms with Crippen molar-refractivity contribution in [3.8, 4) is 0 Å². The van der Waals surface area contributed by atoms with Gasteiger partial charge < -0.3 is 33.9 Å². The molecule has 3 atom stereocenters. The van der Waals surface area contributed by atoms with E-state index in [1.54, 1.807) is 27.7 Å². The molecule has 28 heavy (non-hydrogen) atoms. The molecule has 1 fully saturated rings. The molecule has 0 radical (unpaired) electrons. The van der Waals surface area contributed by atoms with E-state index < -0.39 is 41.8 Å². The van der Waals surface area contributed by atoms with Crippen LogP contribution >= 0.6 is 0 Å². The number of fused-ring (bicyclic) bond motifs is 1. The van der Waals surface area contributed by atoms with Gasteiger partial charge in [-0.25, -0.2) is 4.79 Å². The first-order valence-corrected chi connectivity index (χ1v) is 8.95. The lowest BCUT2D eigenvalue weighted by molar-refractivity contribution is -0.275. The molecule has 2 N–H and O–H groups in total. The summed E-state index contributed by atoms with van der Waals surface area (Å²) in [5.41, 5.74) is 0. The zero-order valence-electron chi connectivity index (χ0n) is 16.4. The Morgan fingerprint density at radius 1 is 1.25 bits per heavy atom. The molecule has 3 unspecified atom stereocenters. The normalized spacial score (nSPS) is 29.2. The summed E-state index contributed by atoms with van der Waals surface area (Å²) in [7, 11) is 0. The molecule has 10 heteroatoms. The topological polar surface area (TPSA) is 133 Å². The average molecular weight is 401 g/mol. The molecule has 0 bridgehead atoms. The monoisotopic (exact) mass is 401 g/mol. The molecular formula is C18H27NO9. The number of carboxylic acids is 2. The summed E-state index contributed by atoms with van der Waals surface area (Å²) in [6.45, 7) is 6.92. The van der Waals surface area contributed by atoms with Crippen LogP contribution in [0, 0.1) is 0 Å². The van der Waals surface area contributed by atoms with Crippen molar-refractivity contribution in [2.45, 2.75) is 76.8 Å². The largest absolute Gasteiger partial charge is 0.481 e. The van der Waals surface area contributed by atoms with Gasteiger partial charge in [-0.15, -0.1) is 0 Å². The van der Waals surface area contributed by atoms with Gasteiger partial charge in [0.1, 0.15) is 18.4 Å². The lowest BCUT2D eigenvalue weighted by Gasteiger charge is -2.31. The first kappa shape index (κ1) is 22.1. The van der Waals surface area contributed by atoms with Crippen LogP contribution in [-0.4, -0.2) is 65.0 Å². The maximum atomic E-state index is 11.3. The summed E-state index contributed by atoms with van der Waals surface area (Å²) < 4.78 is 28.6. The highest BCUT2D eigenvalue weighted by molar-refractivity contribution is 5.77. The molecule has 0 aromatic carbocycles. The van der Waals surface area contributed by atoms with Gasteiger partial charge in [0.2, 0.25) is 5.79 Å². The molecule has 2 aliphatic heterocycles. The second-order valence-electron chi connectivity index (χ2n) is 7.40. The Morgan fingerprint density at radius 3 is 2.61 bits per heavy atom. The third-order valence-corrected chi connectivity index (χ3v) is 4.04. The predicted octanol–water partition coefficient (Wildman–Crippen LogP) is 1.88. The number of aliphatic imine (C=N–C) groups is 1. The maximum absolute atomic E-state index is 11.3. The molecule has 0 saturated carbocycles. The summed E-state index contributed by atoms with van der Waals surface area (Å²) in [6, 6.07) is -1.15. The molecular weight excluding hydrogens is 374 g/mol. The lowest BCUT2D eigenvalue weighted by atomic mass is 10.1. The van der Waals surface area contributed by atoms with E-state index in [2.05, 4.69) is 4.99 Å². The van der Waals surface area contributed by atoms with Gasteiger partial charge in [0.15, 0.2) is 18.3 Å². The summed E-state index contributed by atoms with van der Waals surface area (Å²) in [6.07, 6.45) is 1.44. The third-order valence-electron chi connectivity index (χ3n) is 4.04. The highest BCUT2D eigenvalue weighted by Crippen LogP contribution is 2.36. The first-order chi connectivity index (χ1) is 13.0. The number of carboxylic acid groups (broad SMARTS) is 2. The van der Waals surface area contributed by atoms with Crippen LogP contribution in [0.2, 0.25) is 0 Å². The van der Waals surface area contributed by atoms with Crippen LogP contribution in [0.1, 0.15) is 47.0 Å². The molecule has 0 aromatic heterocycles. The molecule has 0 spiro atoms. The summed E-state index contributed by atoms with van der Waals surface area (Å²) in [5.74, 6) is -3.70. The molecule has 2 heterocycles. The number of ether oxygens (including phenoxy) is 5. The van der Waals surface area contributed by atoms with Crippen molar-refractivity contribution in [2.24, 2.45) is 4.99 Å². The minimum Gasteiger partial charge on any atom is -0.481 e. The van der Waals surface area contributed by atoms with Gasteiger partial charge in [0, 0.05) is 32.9 Å². The van der Waals surface area contributed by atoms with E-state index in [9.17, 15) is 14.7 Å². The Bertz CT molecular complexity index is 641. The quantitative estimate of drug-likeness (QED) is 0.613. The van der Waals surface area contributed by atoms with E-state index in [4.69, 9.17) is 28.8 Å². The first-order valence-electron chi connectivity index (χ1n) is 8.95. The van der Waals surface area contributed by atoms with Crippen LogP contribution in [0.25, 0.3) is 0 Å². The van der Waals surface area contributed by atoms with Gasteiger partial charge in [-0.2, -0.15) is 0 Å². The van der Waals surface area contributed by atoms with Crippen LogP contribution in [-0.2, 0) is 33.3 Å². The van der Waals surface area contributed by atoms with E-state index in [-0.39, 0.29) is 26.1 Å². The Labute approximate surface area is 163 Å². The third kappa shape index (κ3) is 6.47. The fraction of sp³-hybridized carbons (Fsp3) is 0.722. The van der Waals surface area contributed by atoms with Crippen LogP contribution in [0.5, 0.6) is 0 Å². The number of carbonyl (C=O) groups is 2. The zero-order chi connectivity index (χ0) is 20.9. The molecule has 0 aromatic rings. The van der Waals surface area contributed by atoms with E-state index in [0.29, 0.717) is 5.76 Å². The summed E-state index contributed by atoms with van der Waals surface area (Å²) in [5, 5.41) is 18.0. The number of rotatable bonds is 7. The Balaban J connectivity index is 2.15. The minimum absolute atomic E-state index is 0.0376. The van der Waals surface area contributed by atoms with Crippen LogP contribution in [0.4, 0.5) is 0 Å². The smallest absolute Gasteiger partial charge is 0.328 e. The second kappa shape index (κ2) is 8.89. The number of nitrogens with zero attached hydrogens (tertiary/aromatic N) is 1. The molecule has 0 amide bonds. The van der Waals surface area contributed by atoms with E-state index in [1.807, 2.05) is 0 Å².